The van der Waals surface area contributed by atoms with Crippen molar-refractivity contribution in [2.24, 2.45) is 5.73 Å². The van der Waals surface area contributed by atoms with Gasteiger partial charge in [-0.05, 0) is 17.2 Å². The maximum absolute atomic E-state index is 14.1. The average molecular weight is 339 g/mol. The van der Waals surface area contributed by atoms with Gasteiger partial charge in [-0.2, -0.15) is 0 Å². The molecule has 0 spiro atoms. The van der Waals surface area contributed by atoms with Gasteiger partial charge in [0.15, 0.2) is 6.61 Å². The van der Waals surface area contributed by atoms with Gasteiger partial charge in [0.05, 0.1) is 13.0 Å². The summed E-state index contributed by atoms with van der Waals surface area (Å²) in [6.45, 7) is -1.98. The molecule has 0 aliphatic carbocycles. The smallest absolute Gasteiger partial charge is 0.310 e. The van der Waals surface area contributed by atoms with E-state index in [-0.39, 0.29) is 13.8 Å². The Hall–Kier alpha value is -2.34. The minimum absolute atomic E-state index is 0. The molecule has 2 aromatic carbocycles. The Kier molecular flexibility index (Phi) is 6.97. The summed E-state index contributed by atoms with van der Waals surface area (Å²) >= 11 is 0. The first kappa shape index (κ1) is 19.7. The van der Waals surface area contributed by atoms with Crippen molar-refractivity contribution in [2.75, 3.05) is 13.2 Å². The van der Waals surface area contributed by atoms with Crippen molar-refractivity contribution >= 4 is 5.97 Å². The van der Waals surface area contributed by atoms with Crippen molar-refractivity contribution in [1.29, 1.82) is 0 Å². The maximum atomic E-state index is 14.1. The van der Waals surface area contributed by atoms with Crippen LogP contribution in [0.2, 0.25) is 0 Å². The topological polar surface area (TPSA) is 52.3 Å². The van der Waals surface area contributed by atoms with Crippen LogP contribution in [0.25, 0.3) is 11.1 Å². The lowest BCUT2D eigenvalue weighted by Crippen LogP contribution is -2.34. The molecule has 0 aliphatic rings. The molecule has 0 heterocycles. The first-order valence-electron chi connectivity index (χ1n) is 6.99. The molecule has 0 unspecified atom stereocenters. The number of nitrogens with two attached hydrogens (primary N) is 1. The number of carbonyl (C=O) groups excluding carboxylic acids is 1. The predicted molar refractivity (Wildman–Crippen MR) is 87.2 cm³/mol. The van der Waals surface area contributed by atoms with Crippen molar-refractivity contribution in [2.45, 2.75) is 19.8 Å². The number of benzene rings is 2. The molecule has 0 amide bonds. The Morgan fingerprint density at radius 3 is 2.38 bits per heavy atom. The number of hydrogen-bond donors (Lipinski definition) is 1. The first-order valence-corrected chi connectivity index (χ1v) is 6.99. The van der Waals surface area contributed by atoms with E-state index in [4.69, 9.17) is 5.73 Å². The van der Waals surface area contributed by atoms with E-state index in [0.29, 0.717) is 16.7 Å². The second-order valence-corrected chi connectivity index (χ2v) is 5.08. The van der Waals surface area contributed by atoms with Crippen LogP contribution in [0.3, 0.4) is 0 Å². The van der Waals surface area contributed by atoms with Crippen LogP contribution in [-0.2, 0) is 16.0 Å². The molecule has 0 atom stereocenters. The lowest BCUT2D eigenvalue weighted by molar-refractivity contribution is -0.153. The van der Waals surface area contributed by atoms with E-state index in [1.807, 2.05) is 6.07 Å². The van der Waals surface area contributed by atoms with Crippen LogP contribution in [0, 0.1) is 5.82 Å². The van der Waals surface area contributed by atoms with Gasteiger partial charge in [-0.25, -0.2) is 13.2 Å². The van der Waals surface area contributed by atoms with Gasteiger partial charge >= 0.3 is 5.97 Å². The van der Waals surface area contributed by atoms with E-state index in [2.05, 4.69) is 4.74 Å². The van der Waals surface area contributed by atoms with Crippen molar-refractivity contribution in [1.82, 2.24) is 0 Å². The van der Waals surface area contributed by atoms with Gasteiger partial charge < -0.3 is 10.5 Å². The fourth-order valence-corrected chi connectivity index (χ4v) is 1.98. The molecule has 0 saturated carbocycles. The van der Waals surface area contributed by atoms with Crippen LogP contribution in [-0.4, -0.2) is 25.0 Å². The second kappa shape index (κ2) is 8.49. The van der Waals surface area contributed by atoms with E-state index < -0.39 is 30.9 Å². The van der Waals surface area contributed by atoms with Gasteiger partial charge in [0, 0.05) is 5.56 Å². The highest BCUT2D eigenvalue weighted by Crippen LogP contribution is 2.23. The van der Waals surface area contributed by atoms with Gasteiger partial charge in [0.1, 0.15) is 5.82 Å². The first-order chi connectivity index (χ1) is 10.9. The standard InChI is InChI=1S/C17H16F3NO2.CH4/c18-15-8-12(9-16(22)23-11-17(19,20)10-21)6-7-14(15)13-4-2-1-3-5-13;/h1-8H,9-11,21H2;1H4. The fourth-order valence-electron chi connectivity index (χ4n) is 1.98. The van der Waals surface area contributed by atoms with Crippen LogP contribution in [0.4, 0.5) is 13.2 Å². The highest BCUT2D eigenvalue weighted by molar-refractivity contribution is 5.73. The minimum Gasteiger partial charge on any atom is -0.459 e. The highest BCUT2D eigenvalue weighted by atomic mass is 19.3. The summed E-state index contributed by atoms with van der Waals surface area (Å²) in [6.07, 6.45) is -0.285. The third-order valence-corrected chi connectivity index (χ3v) is 3.21. The van der Waals surface area contributed by atoms with Crippen molar-refractivity contribution in [3.63, 3.8) is 0 Å². The van der Waals surface area contributed by atoms with E-state index in [1.165, 1.54) is 6.07 Å². The molecule has 0 radical (unpaired) electrons. The quantitative estimate of drug-likeness (QED) is 0.814. The molecule has 6 heteroatoms. The summed E-state index contributed by atoms with van der Waals surface area (Å²) in [5.74, 6) is -4.60. The third kappa shape index (κ3) is 5.38. The third-order valence-electron chi connectivity index (χ3n) is 3.21. The second-order valence-electron chi connectivity index (χ2n) is 5.08. The van der Waals surface area contributed by atoms with Crippen LogP contribution >= 0.6 is 0 Å². The van der Waals surface area contributed by atoms with Crippen molar-refractivity contribution in [3.8, 4) is 11.1 Å². The molecule has 0 aliphatic heterocycles. The van der Waals surface area contributed by atoms with Crippen LogP contribution in [0.5, 0.6) is 0 Å². The number of ether oxygens (including phenoxy) is 1. The SMILES string of the molecule is C.NCC(F)(F)COC(=O)Cc1ccc(-c2ccccc2)c(F)c1. The largest absolute Gasteiger partial charge is 0.459 e. The van der Waals surface area contributed by atoms with E-state index >= 15 is 0 Å². The Bertz CT molecular complexity index is 675. The fraction of sp³-hybridized carbons (Fsp3) is 0.278. The zero-order chi connectivity index (χ0) is 16.9. The Balaban J connectivity index is 0.00000288. The van der Waals surface area contributed by atoms with Gasteiger partial charge in [-0.15, -0.1) is 0 Å². The van der Waals surface area contributed by atoms with E-state index in [1.54, 1.807) is 36.4 Å². The summed E-state index contributed by atoms with van der Waals surface area (Å²) in [5, 5.41) is 0. The zero-order valence-corrected chi connectivity index (χ0v) is 12.3. The van der Waals surface area contributed by atoms with Gasteiger partial charge in [0.2, 0.25) is 0 Å². The Morgan fingerprint density at radius 2 is 1.79 bits per heavy atom. The summed E-state index contributed by atoms with van der Waals surface area (Å²) in [7, 11) is 0. The van der Waals surface area contributed by atoms with Gasteiger partial charge in [0.25, 0.3) is 5.92 Å². The lowest BCUT2D eigenvalue weighted by atomic mass is 10.0. The minimum atomic E-state index is -3.25. The number of rotatable bonds is 6. The number of hydrogen-bond acceptors (Lipinski definition) is 3. The van der Waals surface area contributed by atoms with Crippen LogP contribution in [0.15, 0.2) is 48.5 Å². The number of esters is 1. The van der Waals surface area contributed by atoms with Gasteiger partial charge in [-0.1, -0.05) is 49.9 Å². The Labute approximate surface area is 139 Å². The molecule has 3 nitrogen and oxygen atoms in total. The molecular formula is C18H20F3NO2. The molecule has 0 fully saturated rings. The molecular weight excluding hydrogens is 319 g/mol. The Morgan fingerprint density at radius 1 is 1.12 bits per heavy atom. The van der Waals surface area contributed by atoms with Crippen molar-refractivity contribution in [3.05, 3.63) is 59.9 Å². The molecule has 0 bridgehead atoms. The highest BCUT2D eigenvalue weighted by Gasteiger charge is 2.28. The number of alkyl halides is 2. The van der Waals surface area contributed by atoms with Gasteiger partial charge in [-0.3, -0.25) is 4.79 Å². The maximum Gasteiger partial charge on any atom is 0.310 e. The molecule has 0 aromatic heterocycles. The average Bonchev–Trinajstić information content (AvgIpc) is 2.54. The molecule has 2 rings (SSSR count). The normalized spacial score (nSPS) is 10.8. The summed E-state index contributed by atoms with van der Waals surface area (Å²) in [5.41, 5.74) is 6.31. The van der Waals surface area contributed by atoms with Crippen molar-refractivity contribution < 1.29 is 22.7 Å². The van der Waals surface area contributed by atoms with Crippen LogP contribution in [0.1, 0.15) is 13.0 Å². The van der Waals surface area contributed by atoms with Crippen LogP contribution < -0.4 is 5.73 Å². The summed E-state index contributed by atoms with van der Waals surface area (Å²) in [6, 6.07) is 13.2. The lowest BCUT2D eigenvalue weighted by Gasteiger charge is -2.14. The summed E-state index contributed by atoms with van der Waals surface area (Å²) < 4.78 is 44.4. The summed E-state index contributed by atoms with van der Waals surface area (Å²) in [4.78, 5) is 11.5. The molecule has 0 saturated heterocycles. The molecule has 24 heavy (non-hydrogen) atoms. The zero-order valence-electron chi connectivity index (χ0n) is 12.3. The molecule has 2 N–H and O–H groups in total. The molecule has 2 aromatic rings. The monoisotopic (exact) mass is 339 g/mol. The number of carbonyl (C=O) groups is 1. The number of halogens is 3. The molecule has 130 valence electrons. The van der Waals surface area contributed by atoms with E-state index in [9.17, 15) is 18.0 Å². The van der Waals surface area contributed by atoms with E-state index in [0.717, 1.165) is 0 Å². The predicted octanol–water partition coefficient (Wildman–Crippen LogP) is 3.81.